The molecule has 17 nitrogen and oxygen atoms in total. The van der Waals surface area contributed by atoms with Crippen molar-refractivity contribution in [3.63, 3.8) is 0 Å². The number of aliphatic hydroxyl groups is 9. The van der Waals surface area contributed by atoms with E-state index in [1.54, 1.807) is 0 Å². The quantitative estimate of drug-likeness (QED) is 0.157. The molecule has 4 saturated carbocycles. The lowest BCUT2D eigenvalue weighted by molar-refractivity contribution is -0.389. The first-order valence-corrected chi connectivity index (χ1v) is 23.6. The van der Waals surface area contributed by atoms with Gasteiger partial charge in [-0.3, -0.25) is 0 Å². The van der Waals surface area contributed by atoms with Crippen molar-refractivity contribution >= 4 is 0 Å². The van der Waals surface area contributed by atoms with Gasteiger partial charge in [-0.15, -0.1) is 0 Å². The molecule has 9 rings (SSSR count). The molecule has 9 fully saturated rings. The van der Waals surface area contributed by atoms with Crippen LogP contribution in [0.25, 0.3) is 0 Å². The van der Waals surface area contributed by atoms with E-state index in [1.807, 2.05) is 0 Å². The van der Waals surface area contributed by atoms with Crippen LogP contribution in [-0.2, 0) is 37.9 Å². The van der Waals surface area contributed by atoms with E-state index >= 15 is 0 Å². The molecular formula is C45H74O17. The van der Waals surface area contributed by atoms with E-state index < -0.39 is 110 Å². The van der Waals surface area contributed by atoms with Gasteiger partial charge >= 0.3 is 0 Å². The summed E-state index contributed by atoms with van der Waals surface area (Å²) in [6.07, 6.45) is -13.2. The summed E-state index contributed by atoms with van der Waals surface area (Å²) in [7, 11) is 0. The second-order valence-corrected chi connectivity index (χ2v) is 21.6. The fraction of sp³-hybridized carbons (Fsp3) is 1.00. The summed E-state index contributed by atoms with van der Waals surface area (Å²) in [6, 6.07) is 0. The highest BCUT2D eigenvalue weighted by atomic mass is 16.8. The maximum Gasteiger partial charge on any atom is 0.187 e. The molecule has 9 aliphatic rings. The molecule has 1 spiro atoms. The molecule has 0 bridgehead atoms. The fourth-order valence-electron chi connectivity index (χ4n) is 14.5. The molecule has 0 aromatic heterocycles. The van der Waals surface area contributed by atoms with Crippen LogP contribution >= 0.6 is 0 Å². The minimum Gasteiger partial charge on any atom is -0.394 e. The van der Waals surface area contributed by atoms with E-state index in [-0.39, 0.29) is 29.0 Å². The smallest absolute Gasteiger partial charge is 0.187 e. The Morgan fingerprint density at radius 3 is 1.87 bits per heavy atom. The molecule has 9 N–H and O–H groups in total. The molecule has 0 radical (unpaired) electrons. The van der Waals surface area contributed by atoms with Gasteiger partial charge in [0.1, 0.15) is 66.6 Å². The Bertz CT molecular complexity index is 1580. The van der Waals surface area contributed by atoms with Crippen LogP contribution in [0, 0.1) is 46.3 Å². The zero-order valence-corrected chi connectivity index (χ0v) is 37.1. The van der Waals surface area contributed by atoms with Crippen LogP contribution in [0.2, 0.25) is 0 Å². The summed E-state index contributed by atoms with van der Waals surface area (Å²) in [4.78, 5) is 0. The highest BCUT2D eigenvalue weighted by Crippen LogP contribution is 2.72. The third-order valence-corrected chi connectivity index (χ3v) is 18.5. The van der Waals surface area contributed by atoms with Crippen molar-refractivity contribution in [3.8, 4) is 0 Å². The third kappa shape index (κ3) is 7.12. The number of hydrogen-bond donors (Lipinski definition) is 9. The van der Waals surface area contributed by atoms with Gasteiger partial charge in [-0.05, 0) is 107 Å². The fourth-order valence-corrected chi connectivity index (χ4v) is 14.5. The summed E-state index contributed by atoms with van der Waals surface area (Å²) >= 11 is 0. The summed E-state index contributed by atoms with van der Waals surface area (Å²) in [5.41, 5.74) is -1.20. The first-order chi connectivity index (χ1) is 29.3. The van der Waals surface area contributed by atoms with E-state index in [9.17, 15) is 46.0 Å². The van der Waals surface area contributed by atoms with Gasteiger partial charge in [0.2, 0.25) is 0 Å². The molecule has 17 heteroatoms. The maximum atomic E-state index is 12.8. The molecule has 0 aromatic carbocycles. The van der Waals surface area contributed by atoms with Gasteiger partial charge in [-0.25, -0.2) is 0 Å². The zero-order valence-electron chi connectivity index (χ0n) is 37.1. The highest BCUT2D eigenvalue weighted by molar-refractivity contribution is 5.23. The van der Waals surface area contributed by atoms with Crippen LogP contribution in [0.15, 0.2) is 0 Å². The predicted octanol–water partition coefficient (Wildman–Crippen LogP) is 0.437. The van der Waals surface area contributed by atoms with Gasteiger partial charge in [0.25, 0.3) is 0 Å². The van der Waals surface area contributed by atoms with Crippen LogP contribution < -0.4 is 0 Å². The van der Waals surface area contributed by atoms with Gasteiger partial charge in [-0.1, -0.05) is 27.7 Å². The summed E-state index contributed by atoms with van der Waals surface area (Å²) in [5, 5.41) is 98.8. The zero-order chi connectivity index (χ0) is 44.4. The van der Waals surface area contributed by atoms with Crippen molar-refractivity contribution in [1.82, 2.24) is 0 Å². The topological polar surface area (TPSA) is 256 Å². The van der Waals surface area contributed by atoms with Crippen molar-refractivity contribution in [1.29, 1.82) is 0 Å². The molecule has 356 valence electrons. The van der Waals surface area contributed by atoms with Gasteiger partial charge in [0, 0.05) is 17.8 Å². The average Bonchev–Trinajstić information content (AvgIpc) is 3.60. The van der Waals surface area contributed by atoms with Gasteiger partial charge in [0.05, 0.1) is 37.6 Å². The maximum absolute atomic E-state index is 12.8. The molecule has 27 unspecified atom stereocenters. The van der Waals surface area contributed by atoms with E-state index in [0.29, 0.717) is 49.0 Å². The van der Waals surface area contributed by atoms with Crippen LogP contribution in [0.5, 0.6) is 0 Å². The lowest BCUT2D eigenvalue weighted by Crippen LogP contribution is -2.66. The monoisotopic (exact) mass is 886 g/mol. The first-order valence-electron chi connectivity index (χ1n) is 23.6. The largest absolute Gasteiger partial charge is 0.394 e. The Labute approximate surface area is 364 Å². The molecular weight excluding hydrogens is 812 g/mol. The minimum atomic E-state index is -1.71. The molecule has 4 aliphatic carbocycles. The minimum absolute atomic E-state index is 0.0272. The van der Waals surface area contributed by atoms with Crippen LogP contribution in [0.1, 0.15) is 106 Å². The van der Waals surface area contributed by atoms with E-state index in [2.05, 4.69) is 27.7 Å². The lowest BCUT2D eigenvalue weighted by Gasteiger charge is -2.62. The molecule has 0 amide bonds. The SMILES string of the molecule is CC1CCC2(OC1)OC1CC3C4CCC5CC(OC6OC(CO)C(OC7OC(C)C(O)C(O)C7O)C(O)C6OC6OC(C)C(O)C(O)C6O)CCC5(C)C4CCC3(C)C1(O)C2C. The Morgan fingerprint density at radius 1 is 0.613 bits per heavy atom. The Morgan fingerprint density at radius 2 is 1.26 bits per heavy atom. The molecule has 5 saturated heterocycles. The Kier molecular flexibility index (Phi) is 12.6. The van der Waals surface area contributed by atoms with Crippen molar-refractivity contribution in [2.75, 3.05) is 13.2 Å². The van der Waals surface area contributed by atoms with Gasteiger partial charge < -0.3 is 83.9 Å². The third-order valence-electron chi connectivity index (χ3n) is 18.5. The molecule has 27 atom stereocenters. The Hall–Kier alpha value is -0.680. The standard InChI is InChI=1S/C45H74O17/c1-19-9-14-44(55-18-19)22(4)45(54)29(62-44)16-27-25-8-7-23-15-24(10-12-42(23,5)26(25)11-13-43(27,45)6)58-41-38(61-40-35(52)33(50)31(48)21(3)57-40)36(53)37(28(17-46)59-41)60-39-34(51)32(49)30(47)20(2)56-39/h19-41,46-54H,7-18H2,1-6H3. The van der Waals surface area contributed by atoms with E-state index in [0.717, 1.165) is 51.4 Å². The molecule has 0 aromatic rings. The normalized spacial score (nSPS) is 60.1. The van der Waals surface area contributed by atoms with Crippen molar-refractivity contribution < 1.29 is 83.9 Å². The second-order valence-electron chi connectivity index (χ2n) is 21.6. The van der Waals surface area contributed by atoms with Crippen LogP contribution in [-0.4, -0.2) is 175 Å². The summed E-state index contributed by atoms with van der Waals surface area (Å²) in [5.74, 6) is 1.23. The highest BCUT2D eigenvalue weighted by Gasteiger charge is 2.76. The number of hydrogen-bond acceptors (Lipinski definition) is 17. The predicted molar refractivity (Wildman–Crippen MR) is 214 cm³/mol. The molecule has 5 heterocycles. The van der Waals surface area contributed by atoms with E-state index in [4.69, 9.17) is 37.9 Å². The Balaban J connectivity index is 0.905. The van der Waals surface area contributed by atoms with Crippen molar-refractivity contribution in [3.05, 3.63) is 0 Å². The van der Waals surface area contributed by atoms with Gasteiger partial charge in [0.15, 0.2) is 24.7 Å². The second kappa shape index (κ2) is 16.8. The average molecular weight is 887 g/mol. The first kappa shape index (κ1) is 46.4. The number of fused-ring (bicyclic) bond motifs is 7. The summed E-state index contributed by atoms with van der Waals surface area (Å²) < 4.78 is 50.0. The number of aliphatic hydroxyl groups excluding tert-OH is 8. The van der Waals surface area contributed by atoms with Crippen LogP contribution in [0.3, 0.4) is 0 Å². The van der Waals surface area contributed by atoms with E-state index in [1.165, 1.54) is 13.8 Å². The lowest BCUT2D eigenvalue weighted by atomic mass is 9.44. The van der Waals surface area contributed by atoms with Crippen molar-refractivity contribution in [2.24, 2.45) is 46.3 Å². The van der Waals surface area contributed by atoms with Gasteiger partial charge in [-0.2, -0.15) is 0 Å². The van der Waals surface area contributed by atoms with Crippen LogP contribution in [0.4, 0.5) is 0 Å². The number of rotatable bonds is 7. The number of ether oxygens (including phenoxy) is 8. The van der Waals surface area contributed by atoms with Crippen molar-refractivity contribution in [2.45, 2.75) is 221 Å². The summed E-state index contributed by atoms with van der Waals surface area (Å²) in [6.45, 7) is 12.1. The molecule has 62 heavy (non-hydrogen) atoms. The molecule has 5 aliphatic heterocycles.